The summed E-state index contributed by atoms with van der Waals surface area (Å²) in [5.41, 5.74) is 5.70. The van der Waals surface area contributed by atoms with Gasteiger partial charge in [0, 0.05) is 17.8 Å². The fourth-order valence-electron chi connectivity index (χ4n) is 3.60. The first-order valence-corrected chi connectivity index (χ1v) is 11.9. The first-order valence-electron chi connectivity index (χ1n) is 11.1. The lowest BCUT2D eigenvalue weighted by atomic mass is 10.1. The molecule has 0 radical (unpaired) electrons. The molecule has 0 aliphatic carbocycles. The van der Waals surface area contributed by atoms with Crippen molar-refractivity contribution in [2.45, 2.75) is 13.8 Å². The lowest BCUT2D eigenvalue weighted by molar-refractivity contribution is 0.136. The van der Waals surface area contributed by atoms with Crippen LogP contribution in [0.15, 0.2) is 48.9 Å². The standard InChI is InChI=1S/C25H22N6O4S/c1-14-9-17(22-18(10-14)29-20(33-3)13-27-22)23-31-21-15(2)11-19(30-24(21)36-23)34-7-8-35-25(32)28-16-5-4-6-26-12-16/h4-6,9-13H,7-8H2,1-3H3,(H,28,32). The molecule has 0 aliphatic heterocycles. The summed E-state index contributed by atoms with van der Waals surface area (Å²) in [7, 11) is 1.57. The smallest absolute Gasteiger partial charge is 0.411 e. The van der Waals surface area contributed by atoms with E-state index in [0.29, 0.717) is 17.4 Å². The molecule has 36 heavy (non-hydrogen) atoms. The van der Waals surface area contributed by atoms with E-state index in [4.69, 9.17) is 19.2 Å². The minimum Gasteiger partial charge on any atom is -0.480 e. The van der Waals surface area contributed by atoms with E-state index < -0.39 is 6.09 Å². The molecule has 11 heteroatoms. The summed E-state index contributed by atoms with van der Waals surface area (Å²) in [4.78, 5) is 35.1. The van der Waals surface area contributed by atoms with Gasteiger partial charge in [-0.3, -0.25) is 10.3 Å². The number of nitrogens with zero attached hydrogens (tertiary/aromatic N) is 5. The van der Waals surface area contributed by atoms with Gasteiger partial charge in [-0.15, -0.1) is 0 Å². The molecule has 10 nitrogen and oxygen atoms in total. The molecule has 0 atom stereocenters. The van der Waals surface area contributed by atoms with Crippen LogP contribution in [0, 0.1) is 13.8 Å². The number of amides is 1. The molecule has 1 aromatic carbocycles. The Kier molecular flexibility index (Phi) is 6.54. The Hall–Kier alpha value is -4.38. The van der Waals surface area contributed by atoms with E-state index in [1.54, 1.807) is 31.6 Å². The number of methoxy groups -OCH3 is 1. The number of fused-ring (bicyclic) bond motifs is 2. The van der Waals surface area contributed by atoms with Gasteiger partial charge in [0.25, 0.3) is 0 Å². The Morgan fingerprint density at radius 3 is 2.72 bits per heavy atom. The predicted molar refractivity (Wildman–Crippen MR) is 137 cm³/mol. The van der Waals surface area contributed by atoms with Crippen molar-refractivity contribution >= 4 is 44.5 Å². The summed E-state index contributed by atoms with van der Waals surface area (Å²) in [6.07, 6.45) is 4.18. The number of pyridine rings is 2. The molecule has 0 fully saturated rings. The van der Waals surface area contributed by atoms with Crippen LogP contribution >= 0.6 is 11.3 Å². The Bertz CT molecular complexity index is 1560. The molecular weight excluding hydrogens is 480 g/mol. The van der Waals surface area contributed by atoms with Crippen LogP contribution in [0.2, 0.25) is 0 Å². The second kappa shape index (κ2) is 10.1. The number of thiazole rings is 1. The molecule has 4 heterocycles. The maximum Gasteiger partial charge on any atom is 0.411 e. The topological polar surface area (TPSA) is 121 Å². The molecule has 1 N–H and O–H groups in total. The van der Waals surface area contributed by atoms with E-state index in [0.717, 1.165) is 43.1 Å². The molecule has 4 aromatic heterocycles. The van der Waals surface area contributed by atoms with Gasteiger partial charge < -0.3 is 14.2 Å². The zero-order chi connectivity index (χ0) is 25.1. The largest absolute Gasteiger partial charge is 0.480 e. The quantitative estimate of drug-likeness (QED) is 0.308. The Labute approximate surface area is 210 Å². The number of carbonyl (C=O) groups is 1. The monoisotopic (exact) mass is 502 g/mol. The first-order chi connectivity index (χ1) is 17.5. The van der Waals surface area contributed by atoms with Crippen molar-refractivity contribution in [1.29, 1.82) is 0 Å². The highest BCUT2D eigenvalue weighted by atomic mass is 32.1. The van der Waals surface area contributed by atoms with E-state index in [1.807, 2.05) is 32.0 Å². The summed E-state index contributed by atoms with van der Waals surface area (Å²) in [6.45, 7) is 4.18. The minimum atomic E-state index is -0.579. The Morgan fingerprint density at radius 1 is 1.03 bits per heavy atom. The van der Waals surface area contributed by atoms with E-state index in [9.17, 15) is 4.79 Å². The highest BCUT2D eigenvalue weighted by Crippen LogP contribution is 2.36. The maximum absolute atomic E-state index is 11.9. The molecule has 0 saturated carbocycles. The summed E-state index contributed by atoms with van der Waals surface area (Å²) >= 11 is 1.46. The van der Waals surface area contributed by atoms with Crippen LogP contribution in [0.5, 0.6) is 11.8 Å². The zero-order valence-electron chi connectivity index (χ0n) is 19.8. The van der Waals surface area contributed by atoms with Crippen molar-refractivity contribution in [2.24, 2.45) is 0 Å². The summed E-state index contributed by atoms with van der Waals surface area (Å²) < 4.78 is 16.1. The molecule has 0 aliphatic rings. The van der Waals surface area contributed by atoms with Crippen molar-refractivity contribution in [3.05, 3.63) is 60.0 Å². The van der Waals surface area contributed by atoms with Gasteiger partial charge >= 0.3 is 6.09 Å². The van der Waals surface area contributed by atoms with E-state index in [2.05, 4.69) is 25.3 Å². The molecule has 0 unspecified atom stereocenters. The molecule has 5 aromatic rings. The Balaban J connectivity index is 1.31. The number of anilines is 1. The molecule has 182 valence electrons. The van der Waals surface area contributed by atoms with Crippen LogP contribution in [0.1, 0.15) is 11.1 Å². The highest BCUT2D eigenvalue weighted by molar-refractivity contribution is 7.21. The lowest BCUT2D eigenvalue weighted by Gasteiger charge is -2.08. The second-order valence-electron chi connectivity index (χ2n) is 7.89. The first kappa shape index (κ1) is 23.4. The van der Waals surface area contributed by atoms with Gasteiger partial charge in [-0.25, -0.2) is 24.7 Å². The van der Waals surface area contributed by atoms with Crippen LogP contribution in [0.3, 0.4) is 0 Å². The summed E-state index contributed by atoms with van der Waals surface area (Å²) in [5.74, 6) is 0.895. The Morgan fingerprint density at radius 2 is 1.92 bits per heavy atom. The second-order valence-corrected chi connectivity index (χ2v) is 8.87. The van der Waals surface area contributed by atoms with Crippen molar-refractivity contribution in [3.8, 4) is 22.3 Å². The number of benzene rings is 1. The molecule has 0 spiro atoms. The van der Waals surface area contributed by atoms with Gasteiger partial charge in [-0.05, 0) is 49.2 Å². The van der Waals surface area contributed by atoms with Gasteiger partial charge in [0.05, 0.1) is 36.2 Å². The van der Waals surface area contributed by atoms with Gasteiger partial charge in [-0.2, -0.15) is 0 Å². The number of aromatic nitrogens is 5. The van der Waals surface area contributed by atoms with Gasteiger partial charge in [0.1, 0.15) is 28.6 Å². The average molecular weight is 503 g/mol. The number of aryl methyl sites for hydroxylation is 2. The fourth-order valence-corrected chi connectivity index (χ4v) is 4.62. The van der Waals surface area contributed by atoms with Crippen LogP contribution in [0.25, 0.3) is 32.0 Å². The molecule has 1 amide bonds. The van der Waals surface area contributed by atoms with Crippen LogP contribution < -0.4 is 14.8 Å². The molecule has 0 saturated heterocycles. The van der Waals surface area contributed by atoms with Crippen molar-refractivity contribution in [1.82, 2.24) is 24.9 Å². The van der Waals surface area contributed by atoms with E-state index >= 15 is 0 Å². The van der Waals surface area contributed by atoms with Gasteiger partial charge in [-0.1, -0.05) is 11.3 Å². The zero-order valence-corrected chi connectivity index (χ0v) is 20.6. The lowest BCUT2D eigenvalue weighted by Crippen LogP contribution is -2.17. The number of ether oxygens (including phenoxy) is 3. The van der Waals surface area contributed by atoms with Gasteiger partial charge in [0.15, 0.2) is 0 Å². The number of carbonyl (C=O) groups excluding carboxylic acids is 1. The van der Waals surface area contributed by atoms with Crippen LogP contribution in [-0.4, -0.2) is 51.3 Å². The summed E-state index contributed by atoms with van der Waals surface area (Å²) in [6, 6.07) is 9.28. The third-order valence-electron chi connectivity index (χ3n) is 5.22. The van der Waals surface area contributed by atoms with E-state index in [1.165, 1.54) is 17.5 Å². The van der Waals surface area contributed by atoms with Crippen molar-refractivity contribution in [2.75, 3.05) is 25.6 Å². The SMILES string of the molecule is COc1cnc2c(-c3nc4c(C)cc(OCCOC(=O)Nc5cccnc5)nc4s3)cc(C)cc2n1. The van der Waals surface area contributed by atoms with E-state index in [-0.39, 0.29) is 13.2 Å². The molecule has 0 bridgehead atoms. The average Bonchev–Trinajstić information content (AvgIpc) is 3.31. The number of hydrogen-bond donors (Lipinski definition) is 1. The normalized spacial score (nSPS) is 11.0. The number of rotatable bonds is 7. The van der Waals surface area contributed by atoms with Crippen LogP contribution in [-0.2, 0) is 4.74 Å². The van der Waals surface area contributed by atoms with Crippen LogP contribution in [0.4, 0.5) is 10.5 Å². The number of hydrogen-bond acceptors (Lipinski definition) is 10. The van der Waals surface area contributed by atoms with Crippen molar-refractivity contribution in [3.63, 3.8) is 0 Å². The maximum atomic E-state index is 11.9. The van der Waals surface area contributed by atoms with Crippen molar-refractivity contribution < 1.29 is 19.0 Å². The molecular formula is C25H22N6O4S. The predicted octanol–water partition coefficient (Wildman–Crippen LogP) is 4.95. The third kappa shape index (κ3) is 5.01. The summed E-state index contributed by atoms with van der Waals surface area (Å²) in [5, 5.41) is 3.39. The number of nitrogens with one attached hydrogen (secondary N) is 1. The minimum absolute atomic E-state index is 0.0657. The molecule has 5 rings (SSSR count). The third-order valence-corrected chi connectivity index (χ3v) is 6.20. The highest BCUT2D eigenvalue weighted by Gasteiger charge is 2.16. The fraction of sp³-hybridized carbons (Fsp3) is 0.200. The van der Waals surface area contributed by atoms with Gasteiger partial charge in [0.2, 0.25) is 11.8 Å².